The van der Waals surface area contributed by atoms with Crippen molar-refractivity contribution in [2.24, 2.45) is 5.10 Å². The molecular formula is C24H20N4O4. The molecule has 0 fully saturated rings. The number of phenolic OH excluding ortho intramolecular Hbond substituents is 1. The van der Waals surface area contributed by atoms with Crippen molar-refractivity contribution in [3.05, 3.63) is 100.0 Å². The van der Waals surface area contributed by atoms with Gasteiger partial charge in [0, 0.05) is 5.39 Å². The second-order valence-electron chi connectivity index (χ2n) is 6.97. The third-order valence-electron chi connectivity index (χ3n) is 4.84. The van der Waals surface area contributed by atoms with Crippen molar-refractivity contribution >= 4 is 22.9 Å². The number of carbonyl (C=O) groups is 1. The zero-order valence-electron chi connectivity index (χ0n) is 17.2. The van der Waals surface area contributed by atoms with Crippen LogP contribution in [0.15, 0.2) is 82.7 Å². The molecule has 160 valence electrons. The fourth-order valence-corrected chi connectivity index (χ4v) is 3.27. The van der Waals surface area contributed by atoms with Crippen LogP contribution < -0.4 is 15.7 Å². The van der Waals surface area contributed by atoms with E-state index in [0.717, 1.165) is 5.56 Å². The van der Waals surface area contributed by atoms with Crippen molar-refractivity contribution < 1.29 is 14.6 Å². The van der Waals surface area contributed by atoms with Gasteiger partial charge < -0.3 is 9.84 Å². The van der Waals surface area contributed by atoms with E-state index in [1.165, 1.54) is 24.1 Å². The van der Waals surface area contributed by atoms with Crippen molar-refractivity contribution in [1.29, 1.82) is 0 Å². The van der Waals surface area contributed by atoms with Crippen molar-refractivity contribution in [2.45, 2.75) is 6.54 Å². The number of ether oxygens (including phenoxy) is 1. The quantitative estimate of drug-likeness (QED) is 0.363. The van der Waals surface area contributed by atoms with Crippen LogP contribution in [0.4, 0.5) is 0 Å². The predicted molar refractivity (Wildman–Crippen MR) is 121 cm³/mol. The van der Waals surface area contributed by atoms with Gasteiger partial charge in [-0.25, -0.2) is 10.1 Å². The van der Waals surface area contributed by atoms with Crippen LogP contribution in [0.3, 0.4) is 0 Å². The number of carbonyl (C=O) groups excluding carboxylic acids is 1. The molecule has 0 radical (unpaired) electrons. The highest BCUT2D eigenvalue weighted by molar-refractivity contribution is 6.05. The van der Waals surface area contributed by atoms with E-state index >= 15 is 0 Å². The summed E-state index contributed by atoms with van der Waals surface area (Å²) in [6, 6.07) is 21.0. The van der Waals surface area contributed by atoms with Crippen LogP contribution in [0.2, 0.25) is 0 Å². The molecule has 0 unspecified atom stereocenters. The molecule has 0 aliphatic rings. The molecule has 1 heterocycles. The van der Waals surface area contributed by atoms with Crippen molar-refractivity contribution in [2.75, 3.05) is 7.11 Å². The van der Waals surface area contributed by atoms with E-state index in [0.29, 0.717) is 22.1 Å². The number of nitrogens with zero attached hydrogens (tertiary/aromatic N) is 3. The number of hydrogen-bond acceptors (Lipinski definition) is 6. The van der Waals surface area contributed by atoms with Crippen molar-refractivity contribution in [1.82, 2.24) is 15.2 Å². The fraction of sp³-hybridized carbons (Fsp3) is 0.0833. The maximum absolute atomic E-state index is 12.9. The van der Waals surface area contributed by atoms with Crippen LogP contribution in [-0.4, -0.2) is 34.1 Å². The van der Waals surface area contributed by atoms with Crippen molar-refractivity contribution in [3.63, 3.8) is 0 Å². The van der Waals surface area contributed by atoms with Gasteiger partial charge in [0.25, 0.3) is 11.5 Å². The summed E-state index contributed by atoms with van der Waals surface area (Å²) in [5, 5.41) is 19.0. The molecule has 1 amide bonds. The number of amides is 1. The van der Waals surface area contributed by atoms with E-state index in [2.05, 4.69) is 15.6 Å². The maximum Gasteiger partial charge on any atom is 0.292 e. The van der Waals surface area contributed by atoms with Gasteiger partial charge in [-0.3, -0.25) is 9.59 Å². The lowest BCUT2D eigenvalue weighted by Crippen LogP contribution is -2.29. The summed E-state index contributed by atoms with van der Waals surface area (Å²) in [5.74, 6) is -0.261. The molecule has 8 heteroatoms. The van der Waals surface area contributed by atoms with E-state index in [9.17, 15) is 14.7 Å². The number of rotatable bonds is 6. The first kappa shape index (κ1) is 20.8. The first-order chi connectivity index (χ1) is 15.6. The molecule has 0 spiro atoms. The van der Waals surface area contributed by atoms with E-state index < -0.39 is 5.91 Å². The Kier molecular flexibility index (Phi) is 5.94. The SMILES string of the molecule is COc1ccc(C=NNC(=O)c2nn(Cc3ccccc3)c(=O)c3ccccc23)cc1O. The van der Waals surface area contributed by atoms with Gasteiger partial charge in [0.15, 0.2) is 17.2 Å². The number of benzene rings is 3. The Morgan fingerprint density at radius 2 is 1.81 bits per heavy atom. The summed E-state index contributed by atoms with van der Waals surface area (Å²) in [4.78, 5) is 25.8. The summed E-state index contributed by atoms with van der Waals surface area (Å²) >= 11 is 0. The van der Waals surface area contributed by atoms with E-state index in [1.807, 2.05) is 30.3 Å². The Morgan fingerprint density at radius 1 is 1.09 bits per heavy atom. The molecule has 8 nitrogen and oxygen atoms in total. The van der Waals surface area contributed by atoms with Crippen LogP contribution in [0.1, 0.15) is 21.6 Å². The van der Waals surface area contributed by atoms with Gasteiger partial charge in [-0.15, -0.1) is 0 Å². The molecular weight excluding hydrogens is 408 g/mol. The molecule has 0 aliphatic carbocycles. The molecule has 32 heavy (non-hydrogen) atoms. The van der Waals surface area contributed by atoms with E-state index in [4.69, 9.17) is 4.74 Å². The lowest BCUT2D eigenvalue weighted by molar-refractivity contribution is 0.0949. The second kappa shape index (κ2) is 9.13. The number of aromatic nitrogens is 2. The molecule has 3 aromatic carbocycles. The van der Waals surface area contributed by atoms with Gasteiger partial charge in [-0.2, -0.15) is 10.2 Å². The van der Waals surface area contributed by atoms with Crippen LogP contribution in [0.25, 0.3) is 10.8 Å². The topological polar surface area (TPSA) is 106 Å². The average Bonchev–Trinajstić information content (AvgIpc) is 2.81. The third kappa shape index (κ3) is 4.34. The summed E-state index contributed by atoms with van der Waals surface area (Å²) in [5.41, 5.74) is 3.70. The lowest BCUT2D eigenvalue weighted by atomic mass is 10.1. The van der Waals surface area contributed by atoms with Gasteiger partial charge in [-0.05, 0) is 35.4 Å². The highest BCUT2D eigenvalue weighted by atomic mass is 16.5. The van der Waals surface area contributed by atoms with Gasteiger partial charge in [-0.1, -0.05) is 48.5 Å². The number of hydrazone groups is 1. The van der Waals surface area contributed by atoms with Gasteiger partial charge in [0.2, 0.25) is 0 Å². The monoisotopic (exact) mass is 428 g/mol. The zero-order chi connectivity index (χ0) is 22.5. The predicted octanol–water partition coefficient (Wildman–Crippen LogP) is 2.92. The average molecular weight is 428 g/mol. The largest absolute Gasteiger partial charge is 0.504 e. The van der Waals surface area contributed by atoms with E-state index in [-0.39, 0.29) is 23.5 Å². The van der Waals surface area contributed by atoms with Crippen molar-refractivity contribution in [3.8, 4) is 11.5 Å². The van der Waals surface area contributed by atoms with Crippen LogP contribution >= 0.6 is 0 Å². The standard InChI is InChI=1S/C24H20N4O4/c1-32-21-12-11-17(13-20(21)29)14-25-26-23(30)22-18-9-5-6-10-19(18)24(31)28(27-22)15-16-7-3-2-4-8-16/h2-14,29H,15H2,1H3,(H,26,30). The number of fused-ring (bicyclic) bond motifs is 1. The summed E-state index contributed by atoms with van der Waals surface area (Å²) < 4.78 is 6.28. The first-order valence-electron chi connectivity index (χ1n) is 9.81. The molecule has 4 rings (SSSR count). The Hall–Kier alpha value is -4.46. The third-order valence-corrected chi connectivity index (χ3v) is 4.84. The molecule has 1 aromatic heterocycles. The molecule has 0 bridgehead atoms. The highest BCUT2D eigenvalue weighted by Gasteiger charge is 2.16. The zero-order valence-corrected chi connectivity index (χ0v) is 17.2. The molecule has 0 saturated heterocycles. The molecule has 0 saturated carbocycles. The number of methoxy groups -OCH3 is 1. The molecule has 0 aliphatic heterocycles. The highest BCUT2D eigenvalue weighted by Crippen LogP contribution is 2.25. The minimum absolute atomic E-state index is 0.0385. The number of hydrogen-bond donors (Lipinski definition) is 2. The number of phenols is 1. The summed E-state index contributed by atoms with van der Waals surface area (Å²) in [6.45, 7) is 0.235. The second-order valence-corrected chi connectivity index (χ2v) is 6.97. The normalized spacial score (nSPS) is 11.0. The maximum atomic E-state index is 12.9. The Labute approximate surface area is 183 Å². The van der Waals surface area contributed by atoms with Crippen LogP contribution in [0, 0.1) is 0 Å². The lowest BCUT2D eigenvalue weighted by Gasteiger charge is -2.10. The smallest absolute Gasteiger partial charge is 0.292 e. The van der Waals surface area contributed by atoms with Gasteiger partial charge >= 0.3 is 0 Å². The van der Waals surface area contributed by atoms with Crippen LogP contribution in [0.5, 0.6) is 11.5 Å². The van der Waals surface area contributed by atoms with Gasteiger partial charge in [0.1, 0.15) is 0 Å². The molecule has 2 N–H and O–H groups in total. The fourth-order valence-electron chi connectivity index (χ4n) is 3.27. The minimum Gasteiger partial charge on any atom is -0.504 e. The first-order valence-corrected chi connectivity index (χ1v) is 9.81. The Bertz CT molecular complexity index is 1360. The van der Waals surface area contributed by atoms with E-state index in [1.54, 1.807) is 36.4 Å². The summed E-state index contributed by atoms with van der Waals surface area (Å²) in [6.07, 6.45) is 1.39. The summed E-state index contributed by atoms with van der Waals surface area (Å²) in [7, 11) is 1.46. The Balaban J connectivity index is 1.64. The molecule has 0 atom stereocenters. The minimum atomic E-state index is -0.558. The number of aromatic hydroxyl groups is 1. The van der Waals surface area contributed by atoms with Crippen LogP contribution in [-0.2, 0) is 6.54 Å². The Morgan fingerprint density at radius 3 is 2.53 bits per heavy atom. The number of nitrogens with one attached hydrogen (secondary N) is 1. The molecule has 4 aromatic rings. The van der Waals surface area contributed by atoms with Gasteiger partial charge in [0.05, 0.1) is 25.3 Å².